The van der Waals surface area contributed by atoms with Crippen molar-refractivity contribution in [2.75, 3.05) is 32.2 Å². The number of ether oxygens (including phenoxy) is 2. The molecule has 0 saturated heterocycles. The van der Waals surface area contributed by atoms with Crippen molar-refractivity contribution in [1.29, 1.82) is 0 Å². The van der Waals surface area contributed by atoms with Gasteiger partial charge in [0.25, 0.3) is 0 Å². The highest BCUT2D eigenvalue weighted by Gasteiger charge is 2.19. The number of hydrogen-bond donors (Lipinski definition) is 0. The lowest BCUT2D eigenvalue weighted by Gasteiger charge is -2.24. The molecule has 0 atom stereocenters. The van der Waals surface area contributed by atoms with Gasteiger partial charge in [-0.1, -0.05) is 17.7 Å². The van der Waals surface area contributed by atoms with E-state index in [-0.39, 0.29) is 0 Å². The minimum atomic E-state index is 0.665. The lowest BCUT2D eigenvalue weighted by Crippen LogP contribution is -2.33. The quantitative estimate of drug-likeness (QED) is 0.623. The van der Waals surface area contributed by atoms with Gasteiger partial charge in [-0.25, -0.2) is 0 Å². The molecule has 1 heterocycles. The highest BCUT2D eigenvalue weighted by molar-refractivity contribution is 6.09. The first-order chi connectivity index (χ1) is 14.7. The van der Waals surface area contributed by atoms with Crippen molar-refractivity contribution < 1.29 is 9.47 Å². The van der Waals surface area contributed by atoms with Gasteiger partial charge in [-0.15, -0.1) is 0 Å². The number of nitrogens with zero attached hydrogens (tertiary/aromatic N) is 3. The van der Waals surface area contributed by atoms with Gasteiger partial charge in [0, 0.05) is 5.69 Å². The van der Waals surface area contributed by atoms with E-state index in [2.05, 4.69) is 46.3 Å². The molecule has 0 aromatic heterocycles. The molecular formula is C25H25N3O2. The predicted octanol–water partition coefficient (Wildman–Crippen LogP) is 4.73. The van der Waals surface area contributed by atoms with Crippen molar-refractivity contribution in [3.8, 4) is 11.5 Å². The van der Waals surface area contributed by atoms with E-state index in [0.717, 1.165) is 39.7 Å². The van der Waals surface area contributed by atoms with Crippen LogP contribution in [-0.4, -0.2) is 38.7 Å². The normalized spacial score (nSPS) is 13.9. The molecule has 30 heavy (non-hydrogen) atoms. The van der Waals surface area contributed by atoms with E-state index in [1.54, 1.807) is 14.2 Å². The standard InChI is InChI=1S/C25H25N3O2/c1-18-4-10-21(11-5-18)28-16-24(19-6-12-22(29-2)13-7-19)26-27-25(17-28)20-8-14-23(30-3)15-9-20/h4-15H,16-17H2,1-3H3. The SMILES string of the molecule is COc1ccc(C2=NN=C(c3ccc(OC)cc3)CN(c3ccc(C)cc3)C2)cc1. The highest BCUT2D eigenvalue weighted by Crippen LogP contribution is 2.21. The second-order valence-corrected chi connectivity index (χ2v) is 7.24. The summed E-state index contributed by atoms with van der Waals surface area (Å²) >= 11 is 0. The van der Waals surface area contributed by atoms with Gasteiger partial charge in [-0.3, -0.25) is 0 Å². The molecule has 0 unspecified atom stereocenters. The summed E-state index contributed by atoms with van der Waals surface area (Å²) in [5, 5.41) is 9.27. The zero-order valence-electron chi connectivity index (χ0n) is 17.5. The van der Waals surface area contributed by atoms with Crippen LogP contribution in [-0.2, 0) is 0 Å². The molecule has 5 nitrogen and oxygen atoms in total. The Morgan fingerprint density at radius 1 is 0.633 bits per heavy atom. The Bertz CT molecular complexity index is 988. The molecule has 5 heteroatoms. The van der Waals surface area contributed by atoms with Gasteiger partial charge in [0.05, 0.1) is 38.7 Å². The molecule has 3 aromatic carbocycles. The van der Waals surface area contributed by atoms with Crippen LogP contribution in [0.3, 0.4) is 0 Å². The summed E-state index contributed by atoms with van der Waals surface area (Å²) in [5.74, 6) is 1.65. The average Bonchev–Trinajstić information content (AvgIpc) is 3.03. The van der Waals surface area contributed by atoms with Gasteiger partial charge in [0.2, 0.25) is 0 Å². The first-order valence-corrected chi connectivity index (χ1v) is 9.90. The van der Waals surface area contributed by atoms with Crippen LogP contribution < -0.4 is 14.4 Å². The van der Waals surface area contributed by atoms with Crippen LogP contribution in [0.1, 0.15) is 16.7 Å². The van der Waals surface area contributed by atoms with E-state index < -0.39 is 0 Å². The molecule has 0 fully saturated rings. The van der Waals surface area contributed by atoms with Crippen molar-refractivity contribution in [3.05, 3.63) is 89.5 Å². The summed E-state index contributed by atoms with van der Waals surface area (Å²) in [4.78, 5) is 2.30. The highest BCUT2D eigenvalue weighted by atomic mass is 16.5. The van der Waals surface area contributed by atoms with Crippen LogP contribution in [0.4, 0.5) is 5.69 Å². The van der Waals surface area contributed by atoms with Gasteiger partial charge >= 0.3 is 0 Å². The van der Waals surface area contributed by atoms with Gasteiger partial charge in [0.1, 0.15) is 11.5 Å². The minimum absolute atomic E-state index is 0.665. The molecule has 0 radical (unpaired) electrons. The number of aryl methyl sites for hydroxylation is 1. The van der Waals surface area contributed by atoms with Gasteiger partial charge in [0.15, 0.2) is 0 Å². The van der Waals surface area contributed by atoms with E-state index in [1.807, 2.05) is 48.5 Å². The van der Waals surface area contributed by atoms with Crippen molar-refractivity contribution in [3.63, 3.8) is 0 Å². The third-order valence-corrected chi connectivity index (χ3v) is 5.22. The molecule has 4 rings (SSSR count). The lowest BCUT2D eigenvalue weighted by molar-refractivity contribution is 0.414. The van der Waals surface area contributed by atoms with Crippen molar-refractivity contribution in [2.24, 2.45) is 10.2 Å². The Morgan fingerprint density at radius 3 is 1.47 bits per heavy atom. The predicted molar refractivity (Wildman–Crippen MR) is 122 cm³/mol. The number of anilines is 1. The Kier molecular flexibility index (Phi) is 5.80. The van der Waals surface area contributed by atoms with E-state index in [1.165, 1.54) is 5.56 Å². The summed E-state index contributed by atoms with van der Waals surface area (Å²) in [6.07, 6.45) is 0. The number of rotatable bonds is 5. The molecule has 0 bridgehead atoms. The van der Waals surface area contributed by atoms with Crippen molar-refractivity contribution >= 4 is 17.1 Å². The molecular weight excluding hydrogens is 374 g/mol. The molecule has 0 amide bonds. The number of methoxy groups -OCH3 is 2. The molecule has 1 aliphatic heterocycles. The zero-order valence-corrected chi connectivity index (χ0v) is 17.5. The fourth-order valence-electron chi connectivity index (χ4n) is 3.40. The fourth-order valence-corrected chi connectivity index (χ4v) is 3.40. The Morgan fingerprint density at radius 2 is 1.07 bits per heavy atom. The maximum absolute atomic E-state index is 5.29. The topological polar surface area (TPSA) is 46.4 Å². The lowest BCUT2D eigenvalue weighted by atomic mass is 10.1. The first kappa shape index (κ1) is 19.7. The van der Waals surface area contributed by atoms with E-state index in [9.17, 15) is 0 Å². The second kappa shape index (κ2) is 8.82. The van der Waals surface area contributed by atoms with Gasteiger partial charge in [-0.2, -0.15) is 10.2 Å². The molecule has 1 aliphatic rings. The van der Waals surface area contributed by atoms with Crippen LogP contribution in [0, 0.1) is 6.92 Å². The molecule has 3 aromatic rings. The maximum Gasteiger partial charge on any atom is 0.118 e. The van der Waals surface area contributed by atoms with E-state index in [0.29, 0.717) is 13.1 Å². The summed E-state index contributed by atoms with van der Waals surface area (Å²) in [6.45, 7) is 3.43. The van der Waals surface area contributed by atoms with Crippen molar-refractivity contribution in [2.45, 2.75) is 6.92 Å². The average molecular weight is 399 g/mol. The Balaban J connectivity index is 1.72. The van der Waals surface area contributed by atoms with Crippen LogP contribution in [0.25, 0.3) is 0 Å². The van der Waals surface area contributed by atoms with Crippen molar-refractivity contribution in [1.82, 2.24) is 0 Å². The fraction of sp³-hybridized carbons (Fsp3) is 0.200. The summed E-state index contributed by atoms with van der Waals surface area (Å²) in [7, 11) is 3.34. The molecule has 152 valence electrons. The third-order valence-electron chi connectivity index (χ3n) is 5.22. The Hall–Kier alpha value is -3.60. The maximum atomic E-state index is 5.29. The van der Waals surface area contributed by atoms with Gasteiger partial charge < -0.3 is 14.4 Å². The molecule has 0 saturated carbocycles. The summed E-state index contributed by atoms with van der Waals surface area (Å²) in [6, 6.07) is 24.5. The first-order valence-electron chi connectivity index (χ1n) is 9.90. The minimum Gasteiger partial charge on any atom is -0.497 e. The second-order valence-electron chi connectivity index (χ2n) is 7.24. The van der Waals surface area contributed by atoms with E-state index >= 15 is 0 Å². The summed E-state index contributed by atoms with van der Waals surface area (Å²) < 4.78 is 10.6. The Labute approximate surface area is 177 Å². The molecule has 0 aliphatic carbocycles. The van der Waals surface area contributed by atoms with Crippen LogP contribution in [0.5, 0.6) is 11.5 Å². The number of hydrogen-bond acceptors (Lipinski definition) is 5. The zero-order chi connectivity index (χ0) is 20.9. The van der Waals surface area contributed by atoms with E-state index in [4.69, 9.17) is 9.47 Å². The smallest absolute Gasteiger partial charge is 0.118 e. The van der Waals surface area contributed by atoms with Crippen LogP contribution in [0.2, 0.25) is 0 Å². The monoisotopic (exact) mass is 399 g/mol. The van der Waals surface area contributed by atoms with Crippen LogP contribution in [0.15, 0.2) is 83.0 Å². The van der Waals surface area contributed by atoms with Gasteiger partial charge in [-0.05, 0) is 78.7 Å². The van der Waals surface area contributed by atoms with Crippen LogP contribution >= 0.6 is 0 Å². The third kappa shape index (κ3) is 4.35. The largest absolute Gasteiger partial charge is 0.497 e. The molecule has 0 spiro atoms. The summed E-state index contributed by atoms with van der Waals surface area (Å²) in [5.41, 5.74) is 6.29. The molecule has 0 N–H and O–H groups in total. The number of benzene rings is 3.